The van der Waals surface area contributed by atoms with E-state index >= 15 is 0 Å². The van der Waals surface area contributed by atoms with Crippen molar-refractivity contribution in [2.45, 2.75) is 58.3 Å². The third-order valence-electron chi connectivity index (χ3n) is 4.43. The van der Waals surface area contributed by atoms with Crippen LogP contribution in [-0.4, -0.2) is 5.11 Å². The molecule has 0 fully saturated rings. The van der Waals surface area contributed by atoms with Crippen LogP contribution in [0, 0.1) is 0 Å². The highest BCUT2D eigenvalue weighted by molar-refractivity contribution is 5.88. The molecule has 1 heterocycles. The van der Waals surface area contributed by atoms with Crippen LogP contribution in [0.25, 0.3) is 11.0 Å². The van der Waals surface area contributed by atoms with E-state index in [-0.39, 0.29) is 11.4 Å². The van der Waals surface area contributed by atoms with Crippen LogP contribution < -0.4 is 5.63 Å². The van der Waals surface area contributed by atoms with Gasteiger partial charge in [0.1, 0.15) is 11.3 Å². The van der Waals surface area contributed by atoms with E-state index in [0.29, 0.717) is 5.58 Å². The van der Waals surface area contributed by atoms with Gasteiger partial charge in [-0.05, 0) is 61.8 Å². The summed E-state index contributed by atoms with van der Waals surface area (Å²) >= 11 is 0. The van der Waals surface area contributed by atoms with Crippen molar-refractivity contribution in [3.63, 3.8) is 0 Å². The van der Waals surface area contributed by atoms with E-state index in [1.807, 2.05) is 12.1 Å². The number of phenols is 1. The molecule has 1 aliphatic carbocycles. The second-order valence-electron chi connectivity index (χ2n) is 6.00. The molecule has 3 rings (SSSR count). The number of hydrogen-bond acceptors (Lipinski definition) is 3. The number of aryl methyl sites for hydroxylation is 2. The molecule has 0 unspecified atom stereocenters. The van der Waals surface area contributed by atoms with Crippen LogP contribution in [0.1, 0.15) is 55.7 Å². The first-order chi connectivity index (χ1) is 10.2. The van der Waals surface area contributed by atoms with Crippen LogP contribution in [0.4, 0.5) is 0 Å². The number of benzene rings is 1. The normalized spacial score (nSPS) is 14.3. The molecule has 1 aliphatic rings. The lowest BCUT2D eigenvalue weighted by Gasteiger charge is -2.17. The number of unbranched alkanes of at least 4 members (excludes halogenated alkanes) is 2. The number of phenolic OH excluding ortho intramolecular Hbond substituents is 1. The van der Waals surface area contributed by atoms with Gasteiger partial charge in [-0.2, -0.15) is 0 Å². The standard InChI is InChI=1S/C18H22O3/c1-2-3-4-7-12-10-15(19)17-13-8-5-6-9-14(13)18(20)21-16(17)11-12/h10-11,19H,2-9H2,1H3. The van der Waals surface area contributed by atoms with Gasteiger partial charge in [0.15, 0.2) is 0 Å². The first-order valence-electron chi connectivity index (χ1n) is 8.01. The zero-order valence-corrected chi connectivity index (χ0v) is 12.6. The molecule has 1 aromatic heterocycles. The Morgan fingerprint density at radius 3 is 2.67 bits per heavy atom. The van der Waals surface area contributed by atoms with Crippen molar-refractivity contribution in [2.24, 2.45) is 0 Å². The average Bonchev–Trinajstić information content (AvgIpc) is 2.47. The molecule has 0 radical (unpaired) electrons. The molecule has 21 heavy (non-hydrogen) atoms. The Kier molecular flexibility index (Phi) is 4.00. The van der Waals surface area contributed by atoms with Crippen molar-refractivity contribution in [2.75, 3.05) is 0 Å². The molecule has 1 N–H and O–H groups in total. The molecule has 0 atom stereocenters. The fourth-order valence-electron chi connectivity index (χ4n) is 3.33. The summed E-state index contributed by atoms with van der Waals surface area (Å²) in [6.45, 7) is 2.17. The van der Waals surface area contributed by atoms with Gasteiger partial charge in [-0.15, -0.1) is 0 Å². The minimum absolute atomic E-state index is 0.220. The van der Waals surface area contributed by atoms with Crippen LogP contribution in [0.15, 0.2) is 21.3 Å². The maximum Gasteiger partial charge on any atom is 0.339 e. The van der Waals surface area contributed by atoms with Crippen LogP contribution in [0.2, 0.25) is 0 Å². The lowest BCUT2D eigenvalue weighted by molar-refractivity contribution is 0.474. The highest BCUT2D eigenvalue weighted by atomic mass is 16.4. The second-order valence-corrected chi connectivity index (χ2v) is 6.00. The zero-order chi connectivity index (χ0) is 14.8. The molecule has 3 nitrogen and oxygen atoms in total. The Bertz CT molecular complexity index is 712. The van der Waals surface area contributed by atoms with Crippen molar-refractivity contribution >= 4 is 11.0 Å². The molecule has 0 saturated carbocycles. The minimum atomic E-state index is -0.220. The molecule has 0 aliphatic heterocycles. The third-order valence-corrected chi connectivity index (χ3v) is 4.43. The number of fused-ring (bicyclic) bond motifs is 3. The lowest BCUT2D eigenvalue weighted by atomic mass is 9.89. The van der Waals surface area contributed by atoms with E-state index in [2.05, 4.69) is 6.92 Å². The summed E-state index contributed by atoms with van der Waals surface area (Å²) in [6.07, 6.45) is 8.08. The first-order valence-corrected chi connectivity index (χ1v) is 8.01. The van der Waals surface area contributed by atoms with Gasteiger partial charge < -0.3 is 9.52 Å². The molecular formula is C18H22O3. The highest BCUT2D eigenvalue weighted by Crippen LogP contribution is 2.34. The molecule has 2 aromatic rings. The summed E-state index contributed by atoms with van der Waals surface area (Å²) in [7, 11) is 0. The largest absolute Gasteiger partial charge is 0.507 e. The molecule has 0 saturated heterocycles. The van der Waals surface area contributed by atoms with Crippen LogP contribution in [0.5, 0.6) is 5.75 Å². The summed E-state index contributed by atoms with van der Waals surface area (Å²) in [6, 6.07) is 3.77. The van der Waals surface area contributed by atoms with Crippen LogP contribution in [-0.2, 0) is 19.3 Å². The first kappa shape index (κ1) is 14.2. The summed E-state index contributed by atoms with van der Waals surface area (Å²) < 4.78 is 5.47. The van der Waals surface area contributed by atoms with Crippen molar-refractivity contribution < 1.29 is 9.52 Å². The van der Waals surface area contributed by atoms with Gasteiger partial charge in [-0.1, -0.05) is 19.8 Å². The second kappa shape index (κ2) is 5.92. The van der Waals surface area contributed by atoms with E-state index in [0.717, 1.165) is 60.6 Å². The molecule has 112 valence electrons. The van der Waals surface area contributed by atoms with Crippen molar-refractivity contribution in [3.05, 3.63) is 39.2 Å². The van der Waals surface area contributed by atoms with E-state index in [9.17, 15) is 9.90 Å². The number of rotatable bonds is 4. The molecular weight excluding hydrogens is 264 g/mol. The third kappa shape index (κ3) is 2.69. The summed E-state index contributed by atoms with van der Waals surface area (Å²) in [5.74, 6) is 0.265. The topological polar surface area (TPSA) is 50.4 Å². The van der Waals surface area contributed by atoms with Crippen LogP contribution >= 0.6 is 0 Å². The molecule has 1 aromatic carbocycles. The lowest BCUT2D eigenvalue weighted by Crippen LogP contribution is -2.15. The van der Waals surface area contributed by atoms with E-state index in [1.54, 1.807) is 0 Å². The Morgan fingerprint density at radius 1 is 1.14 bits per heavy atom. The van der Waals surface area contributed by atoms with Gasteiger partial charge in [-0.25, -0.2) is 4.79 Å². The van der Waals surface area contributed by atoms with Crippen molar-refractivity contribution in [3.8, 4) is 5.75 Å². The van der Waals surface area contributed by atoms with E-state index < -0.39 is 0 Å². The van der Waals surface area contributed by atoms with Gasteiger partial charge >= 0.3 is 5.63 Å². The predicted molar refractivity (Wildman–Crippen MR) is 84.0 cm³/mol. The Labute approximate surface area is 124 Å². The molecule has 0 spiro atoms. The van der Waals surface area contributed by atoms with Gasteiger partial charge in [0, 0.05) is 5.56 Å². The quantitative estimate of drug-likeness (QED) is 0.679. The Hall–Kier alpha value is -1.77. The Morgan fingerprint density at radius 2 is 1.90 bits per heavy atom. The maximum absolute atomic E-state index is 12.1. The minimum Gasteiger partial charge on any atom is -0.507 e. The van der Waals surface area contributed by atoms with Gasteiger partial charge in [0.2, 0.25) is 0 Å². The number of aromatic hydroxyl groups is 1. The summed E-state index contributed by atoms with van der Waals surface area (Å²) in [5, 5.41) is 11.1. The summed E-state index contributed by atoms with van der Waals surface area (Å²) in [4.78, 5) is 12.1. The van der Waals surface area contributed by atoms with E-state index in [4.69, 9.17) is 4.42 Å². The van der Waals surface area contributed by atoms with Crippen molar-refractivity contribution in [1.82, 2.24) is 0 Å². The van der Waals surface area contributed by atoms with Gasteiger partial charge in [0.25, 0.3) is 0 Å². The zero-order valence-electron chi connectivity index (χ0n) is 12.6. The molecule has 0 bridgehead atoms. The number of hydrogen-bond donors (Lipinski definition) is 1. The fraction of sp³-hybridized carbons (Fsp3) is 0.500. The highest BCUT2D eigenvalue weighted by Gasteiger charge is 2.20. The predicted octanol–water partition coefficient (Wildman–Crippen LogP) is 4.11. The van der Waals surface area contributed by atoms with Gasteiger partial charge in [-0.3, -0.25) is 0 Å². The molecule has 0 amide bonds. The average molecular weight is 286 g/mol. The summed E-state index contributed by atoms with van der Waals surface area (Å²) in [5.41, 5.74) is 3.15. The van der Waals surface area contributed by atoms with Crippen LogP contribution in [0.3, 0.4) is 0 Å². The monoisotopic (exact) mass is 286 g/mol. The van der Waals surface area contributed by atoms with Crippen molar-refractivity contribution in [1.29, 1.82) is 0 Å². The molecule has 3 heteroatoms. The Balaban J connectivity index is 2.09. The fourth-order valence-corrected chi connectivity index (χ4v) is 3.33. The van der Waals surface area contributed by atoms with Gasteiger partial charge in [0.05, 0.1) is 5.39 Å². The smallest absolute Gasteiger partial charge is 0.339 e. The SMILES string of the molecule is CCCCCc1cc(O)c2c3c(c(=O)oc2c1)CCCC3. The maximum atomic E-state index is 12.1. The van der Waals surface area contributed by atoms with E-state index in [1.165, 1.54) is 12.8 Å².